The van der Waals surface area contributed by atoms with E-state index in [1.165, 1.54) is 57.3 Å². The van der Waals surface area contributed by atoms with Crippen LogP contribution in [0.1, 0.15) is 37.7 Å². The maximum Gasteiger partial charge on any atom is 0.161 e. The second-order valence-electron chi connectivity index (χ2n) is 8.66. The molecule has 0 N–H and O–H groups in total. The first kappa shape index (κ1) is 17.2. The summed E-state index contributed by atoms with van der Waals surface area (Å²) in [6.07, 6.45) is 6.62. The Kier molecular flexibility index (Phi) is 4.24. The van der Waals surface area contributed by atoms with Crippen LogP contribution in [0, 0.1) is 5.41 Å². The van der Waals surface area contributed by atoms with Crippen molar-refractivity contribution in [2.45, 2.75) is 43.6 Å². The third kappa shape index (κ3) is 2.65. The van der Waals surface area contributed by atoms with Gasteiger partial charge in [-0.05, 0) is 82.4 Å². The van der Waals surface area contributed by atoms with Gasteiger partial charge >= 0.3 is 0 Å². The lowest BCUT2D eigenvalue weighted by Crippen LogP contribution is -2.50. The molecule has 2 saturated heterocycles. The molecule has 4 nitrogen and oxygen atoms in total. The Bertz CT molecular complexity index is 649. The molecular formula is C21H32N2O2. The van der Waals surface area contributed by atoms with Crippen LogP contribution in [0.3, 0.4) is 0 Å². The van der Waals surface area contributed by atoms with E-state index in [9.17, 15) is 0 Å². The van der Waals surface area contributed by atoms with Gasteiger partial charge < -0.3 is 19.3 Å². The van der Waals surface area contributed by atoms with Crippen molar-refractivity contribution in [3.63, 3.8) is 0 Å². The van der Waals surface area contributed by atoms with Crippen LogP contribution in [-0.4, -0.2) is 63.8 Å². The maximum atomic E-state index is 5.60. The van der Waals surface area contributed by atoms with E-state index in [2.05, 4.69) is 42.1 Å². The summed E-state index contributed by atoms with van der Waals surface area (Å²) < 4.78 is 11.1. The maximum absolute atomic E-state index is 5.60. The predicted molar refractivity (Wildman–Crippen MR) is 101 cm³/mol. The van der Waals surface area contributed by atoms with E-state index >= 15 is 0 Å². The molecule has 0 bridgehead atoms. The minimum absolute atomic E-state index is 0.278. The number of hydrogen-bond acceptors (Lipinski definition) is 4. The van der Waals surface area contributed by atoms with Crippen LogP contribution < -0.4 is 9.47 Å². The van der Waals surface area contributed by atoms with E-state index < -0.39 is 0 Å². The normalized spacial score (nSPS) is 35.9. The molecule has 1 aromatic carbocycles. The monoisotopic (exact) mass is 344 g/mol. The van der Waals surface area contributed by atoms with Crippen molar-refractivity contribution >= 4 is 0 Å². The Morgan fingerprint density at radius 1 is 0.960 bits per heavy atom. The quantitative estimate of drug-likeness (QED) is 0.841. The second-order valence-corrected chi connectivity index (χ2v) is 8.66. The first-order valence-corrected chi connectivity index (χ1v) is 9.63. The van der Waals surface area contributed by atoms with Gasteiger partial charge in [-0.3, -0.25) is 0 Å². The van der Waals surface area contributed by atoms with E-state index in [0.717, 1.165) is 11.5 Å². The highest BCUT2D eigenvalue weighted by Gasteiger charge is 2.55. The van der Waals surface area contributed by atoms with Gasteiger partial charge in [-0.25, -0.2) is 0 Å². The SMILES string of the molecule is COc1ccc(C23CCN(C)C2CC2(CCN(C)C2)CC3)cc1OC. The zero-order valence-electron chi connectivity index (χ0n) is 16.2. The largest absolute Gasteiger partial charge is 0.493 e. The van der Waals surface area contributed by atoms with Crippen LogP contribution >= 0.6 is 0 Å². The van der Waals surface area contributed by atoms with Crippen molar-refractivity contribution in [1.82, 2.24) is 9.80 Å². The molecule has 25 heavy (non-hydrogen) atoms. The van der Waals surface area contributed by atoms with Gasteiger partial charge in [0, 0.05) is 18.0 Å². The lowest BCUT2D eigenvalue weighted by Gasteiger charge is -2.49. The minimum atomic E-state index is 0.278. The number of rotatable bonds is 3. The summed E-state index contributed by atoms with van der Waals surface area (Å²) in [4.78, 5) is 5.15. The Hall–Kier alpha value is -1.26. The van der Waals surface area contributed by atoms with Crippen LogP contribution in [0.15, 0.2) is 18.2 Å². The number of likely N-dealkylation sites (tertiary alicyclic amines) is 2. The molecule has 0 radical (unpaired) electrons. The highest BCUT2D eigenvalue weighted by Crippen LogP contribution is 2.56. The molecular weight excluding hydrogens is 312 g/mol. The van der Waals surface area contributed by atoms with E-state index in [0.29, 0.717) is 11.5 Å². The molecule has 1 spiro atoms. The number of likely N-dealkylation sites (N-methyl/N-ethyl adjacent to an activating group) is 1. The average molecular weight is 344 g/mol. The van der Waals surface area contributed by atoms with Crippen LogP contribution in [0.2, 0.25) is 0 Å². The number of benzene rings is 1. The zero-order valence-corrected chi connectivity index (χ0v) is 16.2. The Morgan fingerprint density at radius 3 is 2.44 bits per heavy atom. The van der Waals surface area contributed by atoms with Gasteiger partial charge in [-0.1, -0.05) is 6.07 Å². The summed E-state index contributed by atoms with van der Waals surface area (Å²) in [5.41, 5.74) is 2.26. The van der Waals surface area contributed by atoms with E-state index in [1.54, 1.807) is 14.2 Å². The lowest BCUT2D eigenvalue weighted by molar-refractivity contribution is 0.0751. The molecule has 4 rings (SSSR count). The van der Waals surface area contributed by atoms with Crippen LogP contribution in [0.5, 0.6) is 11.5 Å². The summed E-state index contributed by atoms with van der Waals surface area (Å²) in [6, 6.07) is 7.26. The van der Waals surface area contributed by atoms with Crippen LogP contribution in [-0.2, 0) is 5.41 Å². The Labute approximate surface area is 152 Å². The zero-order chi connectivity index (χ0) is 17.7. The molecule has 1 aliphatic carbocycles. The van der Waals surface area contributed by atoms with Crippen molar-refractivity contribution in [2.75, 3.05) is 47.9 Å². The van der Waals surface area contributed by atoms with Crippen molar-refractivity contribution in [3.8, 4) is 11.5 Å². The first-order chi connectivity index (χ1) is 12.0. The number of methoxy groups -OCH3 is 2. The number of nitrogens with zero attached hydrogens (tertiary/aromatic N) is 2. The van der Waals surface area contributed by atoms with E-state index in [-0.39, 0.29) is 5.41 Å². The smallest absolute Gasteiger partial charge is 0.161 e. The molecule has 4 heteroatoms. The number of ether oxygens (including phenoxy) is 2. The van der Waals surface area contributed by atoms with Gasteiger partial charge in [0.2, 0.25) is 0 Å². The van der Waals surface area contributed by atoms with Gasteiger partial charge in [0.25, 0.3) is 0 Å². The number of fused-ring (bicyclic) bond motifs is 1. The topological polar surface area (TPSA) is 24.9 Å². The van der Waals surface area contributed by atoms with Crippen LogP contribution in [0.4, 0.5) is 0 Å². The molecule has 0 amide bonds. The molecule has 2 aliphatic heterocycles. The molecule has 3 unspecified atom stereocenters. The molecule has 3 fully saturated rings. The lowest BCUT2D eigenvalue weighted by atomic mass is 9.58. The highest BCUT2D eigenvalue weighted by atomic mass is 16.5. The standard InChI is InChI=1S/C21H32N2O2/c1-22-11-9-20(15-22)7-8-21(10-12-23(2)19(21)14-20)16-5-6-17(24-3)18(13-16)25-4/h5-6,13,19H,7-12,14-15H2,1-4H3. The third-order valence-corrected chi connectivity index (χ3v) is 7.40. The fourth-order valence-electron chi connectivity index (χ4n) is 5.92. The van der Waals surface area contributed by atoms with Gasteiger partial charge in [0.05, 0.1) is 14.2 Å². The van der Waals surface area contributed by atoms with Crippen molar-refractivity contribution in [1.29, 1.82) is 0 Å². The van der Waals surface area contributed by atoms with Gasteiger partial charge in [0.15, 0.2) is 11.5 Å². The Balaban J connectivity index is 1.68. The fraction of sp³-hybridized carbons (Fsp3) is 0.714. The first-order valence-electron chi connectivity index (χ1n) is 9.63. The molecule has 3 aliphatic rings. The Morgan fingerprint density at radius 2 is 1.76 bits per heavy atom. The molecule has 3 atom stereocenters. The molecule has 138 valence electrons. The fourth-order valence-corrected chi connectivity index (χ4v) is 5.92. The molecule has 1 aromatic rings. The van der Waals surface area contributed by atoms with Gasteiger partial charge in [-0.15, -0.1) is 0 Å². The van der Waals surface area contributed by atoms with Gasteiger partial charge in [0.1, 0.15) is 0 Å². The van der Waals surface area contributed by atoms with Crippen molar-refractivity contribution < 1.29 is 9.47 Å². The summed E-state index contributed by atoms with van der Waals surface area (Å²) in [5, 5.41) is 0. The molecule has 2 heterocycles. The van der Waals surface area contributed by atoms with Crippen LogP contribution in [0.25, 0.3) is 0 Å². The molecule has 1 saturated carbocycles. The third-order valence-electron chi connectivity index (χ3n) is 7.40. The van der Waals surface area contributed by atoms with E-state index in [4.69, 9.17) is 9.47 Å². The van der Waals surface area contributed by atoms with Gasteiger partial charge in [-0.2, -0.15) is 0 Å². The highest BCUT2D eigenvalue weighted by molar-refractivity contribution is 5.46. The second kappa shape index (κ2) is 6.17. The average Bonchev–Trinajstić information content (AvgIpc) is 3.16. The summed E-state index contributed by atoms with van der Waals surface area (Å²) >= 11 is 0. The predicted octanol–water partition coefficient (Wildman–Crippen LogP) is 3.15. The molecule has 0 aromatic heterocycles. The summed E-state index contributed by atoms with van der Waals surface area (Å²) in [6.45, 7) is 3.74. The minimum Gasteiger partial charge on any atom is -0.493 e. The van der Waals surface area contributed by atoms with E-state index in [1.807, 2.05) is 0 Å². The summed E-state index contributed by atoms with van der Waals surface area (Å²) in [7, 11) is 8.05. The van der Waals surface area contributed by atoms with Crippen molar-refractivity contribution in [2.24, 2.45) is 5.41 Å². The van der Waals surface area contributed by atoms with Crippen molar-refractivity contribution in [3.05, 3.63) is 23.8 Å². The summed E-state index contributed by atoms with van der Waals surface area (Å²) in [5.74, 6) is 1.69. The number of hydrogen-bond donors (Lipinski definition) is 0.